The van der Waals surface area contributed by atoms with E-state index in [1.54, 1.807) is 21.3 Å². The summed E-state index contributed by atoms with van der Waals surface area (Å²) in [6, 6.07) is 14.7. The molecule has 2 fully saturated rings. The standard InChI is InChI=1S/C34H44FN7O4S/c1-24(2)23-46-34(43)33-32(29-20-28(35)8-9-30(29)37-33)31-22-41(39-38-31)21-25-10-15-40(16-11-25)19-14-36-47(44,45)42-17-12-27(13-18-42)26-6-4-3-5-7-26/h3-9,20,22,24-25,27,36-37H,10-19,21,23H2,1-2H3. The van der Waals surface area contributed by atoms with Crippen molar-refractivity contribution in [3.63, 3.8) is 0 Å². The molecule has 2 saturated heterocycles. The third-order valence-electron chi connectivity index (χ3n) is 9.24. The lowest BCUT2D eigenvalue weighted by Crippen LogP contribution is -2.47. The first kappa shape index (κ1) is 33.3. The number of benzene rings is 2. The van der Waals surface area contributed by atoms with E-state index in [0.717, 1.165) is 38.8 Å². The normalized spacial score (nSPS) is 17.5. The van der Waals surface area contributed by atoms with Crippen LogP contribution in [0.1, 0.15) is 61.5 Å². The number of likely N-dealkylation sites (tertiary alicyclic amines) is 1. The lowest BCUT2D eigenvalue weighted by Gasteiger charge is -2.33. The zero-order valence-corrected chi connectivity index (χ0v) is 27.9. The monoisotopic (exact) mass is 665 g/mol. The highest BCUT2D eigenvalue weighted by atomic mass is 32.2. The number of aromatic nitrogens is 4. The topological polar surface area (TPSA) is 125 Å². The van der Waals surface area contributed by atoms with E-state index in [1.807, 2.05) is 32.0 Å². The minimum absolute atomic E-state index is 0.175. The van der Waals surface area contributed by atoms with Gasteiger partial charge in [0.25, 0.3) is 10.2 Å². The maximum atomic E-state index is 14.2. The second-order valence-corrected chi connectivity index (χ2v) is 14.9. The van der Waals surface area contributed by atoms with E-state index in [4.69, 9.17) is 4.74 Å². The van der Waals surface area contributed by atoms with Crippen LogP contribution < -0.4 is 4.72 Å². The summed E-state index contributed by atoms with van der Waals surface area (Å²) in [7, 11) is -3.50. The van der Waals surface area contributed by atoms with Gasteiger partial charge in [-0.2, -0.15) is 12.7 Å². The number of hydrogen-bond acceptors (Lipinski definition) is 7. The third kappa shape index (κ3) is 8.08. The predicted octanol–water partition coefficient (Wildman–Crippen LogP) is 4.80. The zero-order chi connectivity index (χ0) is 33.0. The number of piperidine rings is 2. The van der Waals surface area contributed by atoms with Gasteiger partial charge in [-0.05, 0) is 80.3 Å². The third-order valence-corrected chi connectivity index (χ3v) is 10.9. The Hall–Kier alpha value is -3.65. The molecule has 0 saturated carbocycles. The number of halogens is 1. The van der Waals surface area contributed by atoms with Gasteiger partial charge >= 0.3 is 5.97 Å². The molecule has 0 aliphatic carbocycles. The lowest BCUT2D eigenvalue weighted by atomic mass is 9.90. The molecule has 6 rings (SSSR count). The molecule has 4 aromatic rings. The first-order valence-corrected chi connectivity index (χ1v) is 18.0. The number of carbonyl (C=O) groups is 1. The molecule has 0 atom stereocenters. The maximum Gasteiger partial charge on any atom is 0.355 e. The Morgan fingerprint density at radius 3 is 2.53 bits per heavy atom. The molecular weight excluding hydrogens is 621 g/mol. The van der Waals surface area contributed by atoms with Gasteiger partial charge in [0.2, 0.25) is 0 Å². The van der Waals surface area contributed by atoms with Crippen LogP contribution in [0.5, 0.6) is 0 Å². The number of esters is 1. The average Bonchev–Trinajstić information content (AvgIpc) is 3.69. The van der Waals surface area contributed by atoms with Crippen molar-refractivity contribution >= 4 is 27.1 Å². The van der Waals surface area contributed by atoms with Gasteiger partial charge in [-0.3, -0.25) is 4.68 Å². The Labute approximate surface area is 275 Å². The molecule has 0 amide bonds. The first-order valence-electron chi connectivity index (χ1n) is 16.6. The highest BCUT2D eigenvalue weighted by Gasteiger charge is 2.29. The summed E-state index contributed by atoms with van der Waals surface area (Å²) >= 11 is 0. The molecule has 2 aromatic carbocycles. The van der Waals surface area contributed by atoms with Crippen LogP contribution in [0.4, 0.5) is 4.39 Å². The van der Waals surface area contributed by atoms with Crippen LogP contribution in [0.3, 0.4) is 0 Å². The molecule has 11 nitrogen and oxygen atoms in total. The molecule has 2 N–H and O–H groups in total. The minimum atomic E-state index is -3.50. The Kier molecular flexibility index (Phi) is 10.4. The Morgan fingerprint density at radius 1 is 1.06 bits per heavy atom. The van der Waals surface area contributed by atoms with Gasteiger partial charge < -0.3 is 14.6 Å². The molecule has 4 heterocycles. The van der Waals surface area contributed by atoms with Crippen molar-refractivity contribution in [2.24, 2.45) is 11.8 Å². The van der Waals surface area contributed by atoms with Gasteiger partial charge in [0.1, 0.15) is 17.2 Å². The molecule has 0 bridgehead atoms. The van der Waals surface area contributed by atoms with E-state index >= 15 is 0 Å². The number of carbonyl (C=O) groups excluding carboxylic acids is 1. The van der Waals surface area contributed by atoms with Crippen LogP contribution in [-0.2, 0) is 21.5 Å². The summed E-state index contributed by atoms with van der Waals surface area (Å²) in [5.41, 5.74) is 3.10. The average molecular weight is 666 g/mol. The van der Waals surface area contributed by atoms with Crippen molar-refractivity contribution in [3.8, 4) is 11.3 Å². The number of aromatic amines is 1. The summed E-state index contributed by atoms with van der Waals surface area (Å²) in [5.74, 6) is 0.0351. The van der Waals surface area contributed by atoms with Gasteiger partial charge in [0, 0.05) is 49.2 Å². The quantitative estimate of drug-likeness (QED) is 0.208. The van der Waals surface area contributed by atoms with Crippen LogP contribution in [0.2, 0.25) is 0 Å². The summed E-state index contributed by atoms with van der Waals surface area (Å²) in [4.78, 5) is 18.4. The summed E-state index contributed by atoms with van der Waals surface area (Å²) < 4.78 is 51.8. The number of nitrogens with zero attached hydrogens (tertiary/aromatic N) is 5. The Balaban J connectivity index is 0.988. The van der Waals surface area contributed by atoms with Gasteiger partial charge in [0.05, 0.1) is 12.8 Å². The number of hydrogen-bond donors (Lipinski definition) is 2. The minimum Gasteiger partial charge on any atom is -0.461 e. The molecule has 0 unspecified atom stereocenters. The Morgan fingerprint density at radius 2 is 1.81 bits per heavy atom. The Bertz CT molecular complexity index is 1760. The number of H-pyrrole nitrogens is 1. The highest BCUT2D eigenvalue weighted by molar-refractivity contribution is 7.87. The predicted molar refractivity (Wildman–Crippen MR) is 178 cm³/mol. The van der Waals surface area contributed by atoms with Crippen molar-refractivity contribution in [1.82, 2.24) is 33.9 Å². The molecule has 0 radical (unpaired) electrons. The van der Waals surface area contributed by atoms with Crippen molar-refractivity contribution in [2.45, 2.75) is 52.0 Å². The van der Waals surface area contributed by atoms with Crippen LogP contribution in [0, 0.1) is 17.7 Å². The smallest absolute Gasteiger partial charge is 0.355 e. The molecule has 13 heteroatoms. The van der Waals surface area contributed by atoms with Gasteiger partial charge in [-0.15, -0.1) is 5.10 Å². The maximum absolute atomic E-state index is 14.2. The summed E-state index contributed by atoms with van der Waals surface area (Å²) in [6.45, 7) is 8.69. The summed E-state index contributed by atoms with van der Waals surface area (Å²) in [6.07, 6.45) is 5.35. The summed E-state index contributed by atoms with van der Waals surface area (Å²) in [5, 5.41) is 9.26. The first-order chi connectivity index (χ1) is 22.7. The van der Waals surface area contributed by atoms with E-state index in [9.17, 15) is 17.6 Å². The van der Waals surface area contributed by atoms with E-state index in [-0.39, 0.29) is 18.2 Å². The second kappa shape index (κ2) is 14.6. The van der Waals surface area contributed by atoms with E-state index in [1.165, 1.54) is 17.7 Å². The van der Waals surface area contributed by atoms with Crippen LogP contribution >= 0.6 is 0 Å². The molecule has 252 valence electrons. The van der Waals surface area contributed by atoms with Crippen LogP contribution in [-0.4, -0.2) is 89.4 Å². The highest BCUT2D eigenvalue weighted by Crippen LogP contribution is 2.33. The second-order valence-electron chi connectivity index (χ2n) is 13.2. The molecular formula is C34H44FN7O4S. The fourth-order valence-electron chi connectivity index (χ4n) is 6.64. The number of fused-ring (bicyclic) bond motifs is 1. The number of ether oxygens (including phenoxy) is 1. The molecule has 0 spiro atoms. The molecule has 2 aliphatic rings. The van der Waals surface area contributed by atoms with E-state index in [2.05, 4.69) is 37.1 Å². The largest absolute Gasteiger partial charge is 0.461 e. The van der Waals surface area contributed by atoms with Crippen LogP contribution in [0.15, 0.2) is 54.7 Å². The number of nitrogens with one attached hydrogen (secondary N) is 2. The lowest BCUT2D eigenvalue weighted by molar-refractivity contribution is 0.0454. The van der Waals surface area contributed by atoms with Crippen molar-refractivity contribution in [3.05, 3.63) is 71.8 Å². The molecule has 2 aromatic heterocycles. The van der Waals surface area contributed by atoms with Crippen molar-refractivity contribution in [2.75, 3.05) is 45.9 Å². The van der Waals surface area contributed by atoms with Gasteiger partial charge in [0.15, 0.2) is 0 Å². The van der Waals surface area contributed by atoms with Crippen LogP contribution in [0.25, 0.3) is 22.2 Å². The molecule has 47 heavy (non-hydrogen) atoms. The molecule has 2 aliphatic heterocycles. The zero-order valence-electron chi connectivity index (χ0n) is 27.1. The van der Waals surface area contributed by atoms with Gasteiger partial charge in [-0.1, -0.05) is 49.4 Å². The fourth-order valence-corrected chi connectivity index (χ4v) is 7.86. The SMILES string of the molecule is CC(C)COC(=O)c1[nH]c2ccc(F)cc2c1-c1cn(CC2CCN(CCNS(=O)(=O)N3CCC(c4ccccc4)CC3)CC2)nn1. The van der Waals surface area contributed by atoms with Gasteiger partial charge in [-0.25, -0.2) is 13.9 Å². The number of rotatable bonds is 12. The van der Waals surface area contributed by atoms with E-state index in [0.29, 0.717) is 66.7 Å². The van der Waals surface area contributed by atoms with Crippen molar-refractivity contribution < 1.29 is 22.3 Å². The fraction of sp³-hybridized carbons (Fsp3) is 0.500. The van der Waals surface area contributed by atoms with Crippen molar-refractivity contribution in [1.29, 1.82) is 0 Å². The van der Waals surface area contributed by atoms with E-state index < -0.39 is 22.0 Å².